The Balaban J connectivity index is 2.61. The highest BCUT2D eigenvalue weighted by atomic mass is 16.3. The summed E-state index contributed by atoms with van der Waals surface area (Å²) < 4.78 is 0. The molecule has 0 aliphatic heterocycles. The molecule has 0 spiro atoms. The standard InChI is InChI=1S/C12H16O3/c1-7-8(2)12(15)5-4-9(6-13)11(12,3)10(7)14/h6,9,15H,4-5H2,1-3H3/t9?,11-,12-/m0/s1. The fourth-order valence-electron chi connectivity index (χ4n) is 3.23. The molecule has 1 fully saturated rings. The molecule has 3 heteroatoms. The monoisotopic (exact) mass is 208 g/mol. The average molecular weight is 208 g/mol. The van der Waals surface area contributed by atoms with E-state index in [4.69, 9.17) is 0 Å². The van der Waals surface area contributed by atoms with Crippen LogP contribution in [0, 0.1) is 11.3 Å². The van der Waals surface area contributed by atoms with Gasteiger partial charge in [0.2, 0.25) is 0 Å². The molecule has 1 N–H and O–H groups in total. The van der Waals surface area contributed by atoms with Crippen LogP contribution in [0.3, 0.4) is 0 Å². The second-order valence-electron chi connectivity index (χ2n) is 4.92. The molecule has 0 radical (unpaired) electrons. The molecule has 82 valence electrons. The minimum Gasteiger partial charge on any atom is -0.384 e. The lowest BCUT2D eigenvalue weighted by Crippen LogP contribution is -2.46. The zero-order valence-corrected chi connectivity index (χ0v) is 9.33. The van der Waals surface area contributed by atoms with Gasteiger partial charge in [0.05, 0.1) is 11.0 Å². The zero-order valence-electron chi connectivity index (χ0n) is 9.33. The number of aldehydes is 1. The van der Waals surface area contributed by atoms with E-state index in [1.807, 2.05) is 0 Å². The fourth-order valence-corrected chi connectivity index (χ4v) is 3.23. The van der Waals surface area contributed by atoms with Gasteiger partial charge in [0.1, 0.15) is 6.29 Å². The number of aliphatic hydroxyl groups is 1. The van der Waals surface area contributed by atoms with Gasteiger partial charge in [0.25, 0.3) is 0 Å². The molecule has 2 aliphatic carbocycles. The lowest BCUT2D eigenvalue weighted by molar-refractivity contribution is -0.137. The van der Waals surface area contributed by atoms with E-state index in [0.717, 1.165) is 11.9 Å². The van der Waals surface area contributed by atoms with Crippen LogP contribution in [-0.4, -0.2) is 22.8 Å². The summed E-state index contributed by atoms with van der Waals surface area (Å²) in [6.07, 6.45) is 1.94. The normalized spacial score (nSPS) is 44.8. The Bertz CT molecular complexity index is 382. The van der Waals surface area contributed by atoms with Gasteiger partial charge < -0.3 is 9.90 Å². The van der Waals surface area contributed by atoms with Crippen molar-refractivity contribution in [1.29, 1.82) is 0 Å². The van der Waals surface area contributed by atoms with Gasteiger partial charge in [-0.05, 0) is 44.8 Å². The second-order valence-corrected chi connectivity index (χ2v) is 4.92. The first kappa shape index (κ1) is 10.6. The first-order chi connectivity index (χ1) is 6.89. The highest BCUT2D eigenvalue weighted by molar-refractivity contribution is 6.06. The predicted octanol–water partition coefficient (Wildman–Crippen LogP) is 1.25. The summed E-state index contributed by atoms with van der Waals surface area (Å²) in [6.45, 7) is 5.26. The number of Topliss-reactive ketones (excluding diaryl/α,β-unsaturated/α-hetero) is 1. The molecule has 0 bridgehead atoms. The van der Waals surface area contributed by atoms with E-state index in [9.17, 15) is 14.7 Å². The fraction of sp³-hybridized carbons (Fsp3) is 0.667. The van der Waals surface area contributed by atoms with Crippen molar-refractivity contribution >= 4 is 12.1 Å². The van der Waals surface area contributed by atoms with Crippen LogP contribution in [0.4, 0.5) is 0 Å². The maximum absolute atomic E-state index is 12.1. The number of hydrogen-bond acceptors (Lipinski definition) is 3. The van der Waals surface area contributed by atoms with Gasteiger partial charge in [-0.3, -0.25) is 4.79 Å². The zero-order chi connectivity index (χ0) is 11.4. The summed E-state index contributed by atoms with van der Waals surface area (Å²) in [5, 5.41) is 10.6. The van der Waals surface area contributed by atoms with Crippen LogP contribution in [0.25, 0.3) is 0 Å². The van der Waals surface area contributed by atoms with Crippen LogP contribution in [0.15, 0.2) is 11.1 Å². The molecule has 3 nitrogen and oxygen atoms in total. The first-order valence-electron chi connectivity index (χ1n) is 5.30. The lowest BCUT2D eigenvalue weighted by Gasteiger charge is -2.35. The molecule has 0 aromatic carbocycles. The first-order valence-corrected chi connectivity index (χ1v) is 5.30. The van der Waals surface area contributed by atoms with E-state index in [0.29, 0.717) is 18.4 Å². The van der Waals surface area contributed by atoms with Crippen molar-refractivity contribution in [3.63, 3.8) is 0 Å². The highest BCUT2D eigenvalue weighted by Gasteiger charge is 2.65. The van der Waals surface area contributed by atoms with Crippen LogP contribution in [0.1, 0.15) is 33.6 Å². The van der Waals surface area contributed by atoms with Crippen molar-refractivity contribution in [3.05, 3.63) is 11.1 Å². The van der Waals surface area contributed by atoms with Crippen molar-refractivity contribution in [2.45, 2.75) is 39.2 Å². The Kier molecular flexibility index (Phi) is 1.96. The summed E-state index contributed by atoms with van der Waals surface area (Å²) in [5.74, 6) is -0.403. The van der Waals surface area contributed by atoms with Crippen molar-refractivity contribution in [3.8, 4) is 0 Å². The summed E-state index contributed by atoms with van der Waals surface area (Å²) >= 11 is 0. The third-order valence-electron chi connectivity index (χ3n) is 4.58. The Morgan fingerprint density at radius 2 is 2.07 bits per heavy atom. The third-order valence-corrected chi connectivity index (χ3v) is 4.58. The number of rotatable bonds is 1. The molecule has 1 saturated carbocycles. The number of carbonyl (C=O) groups is 2. The van der Waals surface area contributed by atoms with Gasteiger partial charge >= 0.3 is 0 Å². The molecule has 2 rings (SSSR count). The third kappa shape index (κ3) is 0.899. The van der Waals surface area contributed by atoms with Gasteiger partial charge in [-0.25, -0.2) is 0 Å². The van der Waals surface area contributed by atoms with E-state index in [2.05, 4.69) is 0 Å². The average Bonchev–Trinajstić information content (AvgIpc) is 2.55. The van der Waals surface area contributed by atoms with Crippen LogP contribution in [-0.2, 0) is 9.59 Å². The van der Waals surface area contributed by atoms with E-state index < -0.39 is 11.0 Å². The molecule has 0 saturated heterocycles. The van der Waals surface area contributed by atoms with Gasteiger partial charge in [0, 0.05) is 5.92 Å². The van der Waals surface area contributed by atoms with Crippen molar-refractivity contribution in [2.75, 3.05) is 0 Å². The van der Waals surface area contributed by atoms with E-state index in [1.165, 1.54) is 0 Å². The van der Waals surface area contributed by atoms with Gasteiger partial charge in [-0.15, -0.1) is 0 Å². The molecule has 0 amide bonds. The van der Waals surface area contributed by atoms with Crippen LogP contribution < -0.4 is 0 Å². The Labute approximate surface area is 89.2 Å². The molecule has 0 heterocycles. The van der Waals surface area contributed by atoms with Crippen molar-refractivity contribution in [1.82, 2.24) is 0 Å². The number of carbonyl (C=O) groups excluding carboxylic acids is 2. The summed E-state index contributed by atoms with van der Waals surface area (Å²) in [6, 6.07) is 0. The molecule has 15 heavy (non-hydrogen) atoms. The van der Waals surface area contributed by atoms with Crippen molar-refractivity contribution < 1.29 is 14.7 Å². The van der Waals surface area contributed by atoms with Gasteiger partial charge in [-0.2, -0.15) is 0 Å². The Hall–Kier alpha value is -0.960. The topological polar surface area (TPSA) is 54.4 Å². The molecular formula is C12H16O3. The molecule has 1 unspecified atom stereocenters. The predicted molar refractivity (Wildman–Crippen MR) is 55.2 cm³/mol. The van der Waals surface area contributed by atoms with E-state index in [1.54, 1.807) is 20.8 Å². The number of ketones is 1. The van der Waals surface area contributed by atoms with Gasteiger partial charge in [-0.1, -0.05) is 0 Å². The van der Waals surface area contributed by atoms with E-state index in [-0.39, 0.29) is 11.7 Å². The number of hydrogen-bond donors (Lipinski definition) is 1. The molecule has 3 atom stereocenters. The van der Waals surface area contributed by atoms with Crippen LogP contribution >= 0.6 is 0 Å². The lowest BCUT2D eigenvalue weighted by atomic mass is 9.70. The van der Waals surface area contributed by atoms with Gasteiger partial charge in [0.15, 0.2) is 5.78 Å². The van der Waals surface area contributed by atoms with Crippen molar-refractivity contribution in [2.24, 2.45) is 11.3 Å². The second kappa shape index (κ2) is 2.79. The van der Waals surface area contributed by atoms with Crippen LogP contribution in [0.2, 0.25) is 0 Å². The van der Waals surface area contributed by atoms with Crippen LogP contribution in [0.5, 0.6) is 0 Å². The molecule has 2 aliphatic rings. The minimum atomic E-state index is -1.08. The molecule has 0 aromatic rings. The molecule has 0 aromatic heterocycles. The Morgan fingerprint density at radius 3 is 2.60 bits per heavy atom. The molecular weight excluding hydrogens is 192 g/mol. The maximum Gasteiger partial charge on any atom is 0.168 e. The van der Waals surface area contributed by atoms with E-state index >= 15 is 0 Å². The minimum absolute atomic E-state index is 0.0582. The Morgan fingerprint density at radius 1 is 1.47 bits per heavy atom. The largest absolute Gasteiger partial charge is 0.384 e. The number of allylic oxidation sites excluding steroid dienone is 1. The summed E-state index contributed by atoms with van der Waals surface area (Å²) in [5.41, 5.74) is -0.617. The smallest absolute Gasteiger partial charge is 0.168 e. The summed E-state index contributed by atoms with van der Waals surface area (Å²) in [7, 11) is 0. The summed E-state index contributed by atoms with van der Waals surface area (Å²) in [4.78, 5) is 23.1. The highest BCUT2D eigenvalue weighted by Crippen LogP contribution is 2.59. The quantitative estimate of drug-likeness (QED) is 0.660. The maximum atomic E-state index is 12.1. The number of fused-ring (bicyclic) bond motifs is 1. The SMILES string of the molecule is CC1=C(C)[C@@]2(O)CCC(C=O)[C@@]2(C)C1=O.